The van der Waals surface area contributed by atoms with Crippen molar-refractivity contribution < 1.29 is 14.3 Å². The maximum atomic E-state index is 12.2. The second-order valence-corrected chi connectivity index (χ2v) is 5.76. The molecule has 0 fully saturated rings. The normalized spacial score (nSPS) is 10.4. The van der Waals surface area contributed by atoms with Gasteiger partial charge in [0.1, 0.15) is 12.4 Å². The third-order valence-electron chi connectivity index (χ3n) is 3.67. The molecule has 2 N–H and O–H groups in total. The second kappa shape index (κ2) is 9.69. The van der Waals surface area contributed by atoms with Gasteiger partial charge in [0.15, 0.2) is 0 Å². The average molecular weight is 342 g/mol. The Morgan fingerprint density at radius 2 is 1.84 bits per heavy atom. The molecule has 0 aliphatic heterocycles. The summed E-state index contributed by atoms with van der Waals surface area (Å²) in [4.78, 5) is 12.2. The Balaban J connectivity index is 1.89. The third-order valence-corrected chi connectivity index (χ3v) is 3.67. The highest BCUT2D eigenvalue weighted by molar-refractivity contribution is 5.95. The highest BCUT2D eigenvalue weighted by Gasteiger charge is 2.08. The molecule has 5 nitrogen and oxygen atoms in total. The van der Waals surface area contributed by atoms with Crippen LogP contribution in [0.25, 0.3) is 0 Å². The SMILES string of the molecule is CCOCCOc1ccccc1NC(=O)CNc1ccc(C)cc1C. The first-order valence-electron chi connectivity index (χ1n) is 8.50. The number of carbonyl (C=O) groups is 1. The van der Waals surface area contributed by atoms with Gasteiger partial charge in [-0.25, -0.2) is 0 Å². The first-order valence-corrected chi connectivity index (χ1v) is 8.50. The molecule has 0 heterocycles. The van der Waals surface area contributed by atoms with E-state index >= 15 is 0 Å². The van der Waals surface area contributed by atoms with Gasteiger partial charge in [-0.3, -0.25) is 4.79 Å². The lowest BCUT2D eigenvalue weighted by atomic mass is 10.1. The smallest absolute Gasteiger partial charge is 0.243 e. The predicted molar refractivity (Wildman–Crippen MR) is 101 cm³/mol. The van der Waals surface area contributed by atoms with Gasteiger partial charge >= 0.3 is 0 Å². The molecule has 0 bridgehead atoms. The van der Waals surface area contributed by atoms with Gasteiger partial charge in [0, 0.05) is 12.3 Å². The summed E-state index contributed by atoms with van der Waals surface area (Å²) in [7, 11) is 0. The van der Waals surface area contributed by atoms with Crippen LogP contribution in [0.5, 0.6) is 5.75 Å². The number of amides is 1. The largest absolute Gasteiger partial charge is 0.489 e. The van der Waals surface area contributed by atoms with Gasteiger partial charge in [0.2, 0.25) is 5.91 Å². The zero-order valence-corrected chi connectivity index (χ0v) is 15.1. The van der Waals surface area contributed by atoms with Gasteiger partial charge in [0.05, 0.1) is 18.8 Å². The predicted octanol–water partition coefficient (Wildman–Crippen LogP) is 3.77. The summed E-state index contributed by atoms with van der Waals surface area (Å²) in [5, 5.41) is 6.05. The number of anilines is 2. The number of hydrogen-bond acceptors (Lipinski definition) is 4. The summed E-state index contributed by atoms with van der Waals surface area (Å²) in [6.07, 6.45) is 0. The number of hydrogen-bond donors (Lipinski definition) is 2. The quantitative estimate of drug-likeness (QED) is 0.681. The van der Waals surface area contributed by atoms with Crippen LogP contribution in [0.1, 0.15) is 18.1 Å². The fourth-order valence-electron chi connectivity index (χ4n) is 2.43. The zero-order chi connectivity index (χ0) is 18.1. The van der Waals surface area contributed by atoms with E-state index in [0.717, 1.165) is 11.3 Å². The summed E-state index contributed by atoms with van der Waals surface area (Å²) in [6, 6.07) is 13.5. The molecular weight excluding hydrogens is 316 g/mol. The Morgan fingerprint density at radius 3 is 2.60 bits per heavy atom. The number of rotatable bonds is 9. The summed E-state index contributed by atoms with van der Waals surface area (Å²) in [5.74, 6) is 0.517. The summed E-state index contributed by atoms with van der Waals surface area (Å²) >= 11 is 0. The molecule has 2 aromatic rings. The maximum Gasteiger partial charge on any atom is 0.243 e. The highest BCUT2D eigenvalue weighted by atomic mass is 16.5. The Bertz CT molecular complexity index is 701. The van der Waals surface area contributed by atoms with E-state index < -0.39 is 0 Å². The average Bonchev–Trinajstić information content (AvgIpc) is 2.59. The van der Waals surface area contributed by atoms with Crippen molar-refractivity contribution in [3.8, 4) is 5.75 Å². The van der Waals surface area contributed by atoms with E-state index in [-0.39, 0.29) is 12.5 Å². The van der Waals surface area contributed by atoms with Crippen molar-refractivity contribution in [2.75, 3.05) is 37.0 Å². The first-order chi connectivity index (χ1) is 12.1. The van der Waals surface area contributed by atoms with E-state index in [1.165, 1.54) is 5.56 Å². The Hall–Kier alpha value is -2.53. The van der Waals surface area contributed by atoms with Crippen LogP contribution in [0.3, 0.4) is 0 Å². The molecule has 0 radical (unpaired) electrons. The minimum Gasteiger partial charge on any atom is -0.489 e. The molecule has 0 atom stereocenters. The van der Waals surface area contributed by atoms with E-state index in [1.807, 2.05) is 57.2 Å². The number of nitrogens with one attached hydrogen (secondary N) is 2. The number of aryl methyl sites for hydroxylation is 2. The number of para-hydroxylation sites is 2. The van der Waals surface area contributed by atoms with Crippen LogP contribution in [0.2, 0.25) is 0 Å². The van der Waals surface area contributed by atoms with Gasteiger partial charge < -0.3 is 20.1 Å². The summed E-state index contributed by atoms with van der Waals surface area (Å²) in [6.45, 7) is 7.83. The van der Waals surface area contributed by atoms with Crippen molar-refractivity contribution in [2.24, 2.45) is 0 Å². The number of carbonyl (C=O) groups excluding carboxylic acids is 1. The van der Waals surface area contributed by atoms with Gasteiger partial charge in [-0.05, 0) is 44.5 Å². The van der Waals surface area contributed by atoms with Crippen molar-refractivity contribution in [3.05, 3.63) is 53.6 Å². The van der Waals surface area contributed by atoms with Crippen LogP contribution in [-0.2, 0) is 9.53 Å². The van der Waals surface area contributed by atoms with Crippen LogP contribution >= 0.6 is 0 Å². The van der Waals surface area contributed by atoms with Crippen LogP contribution < -0.4 is 15.4 Å². The minimum absolute atomic E-state index is 0.124. The zero-order valence-electron chi connectivity index (χ0n) is 15.1. The molecule has 5 heteroatoms. The molecule has 134 valence electrons. The van der Waals surface area contributed by atoms with E-state index in [9.17, 15) is 4.79 Å². The first kappa shape index (κ1) is 18.8. The molecule has 2 aromatic carbocycles. The monoisotopic (exact) mass is 342 g/mol. The lowest BCUT2D eigenvalue weighted by Crippen LogP contribution is -2.22. The van der Waals surface area contributed by atoms with Crippen molar-refractivity contribution in [3.63, 3.8) is 0 Å². The lowest BCUT2D eigenvalue weighted by Gasteiger charge is -2.14. The van der Waals surface area contributed by atoms with Crippen LogP contribution in [0, 0.1) is 13.8 Å². The number of ether oxygens (including phenoxy) is 2. The van der Waals surface area contributed by atoms with E-state index in [4.69, 9.17) is 9.47 Å². The molecule has 0 aliphatic carbocycles. The fraction of sp³-hybridized carbons (Fsp3) is 0.350. The van der Waals surface area contributed by atoms with E-state index in [1.54, 1.807) is 0 Å². The Kier molecular flexibility index (Phi) is 7.29. The van der Waals surface area contributed by atoms with Crippen LogP contribution in [0.4, 0.5) is 11.4 Å². The van der Waals surface area contributed by atoms with Gasteiger partial charge in [0.25, 0.3) is 0 Å². The fourth-order valence-corrected chi connectivity index (χ4v) is 2.43. The molecule has 0 aromatic heterocycles. The van der Waals surface area contributed by atoms with Crippen molar-refractivity contribution in [1.82, 2.24) is 0 Å². The molecule has 1 amide bonds. The van der Waals surface area contributed by atoms with Crippen LogP contribution in [0.15, 0.2) is 42.5 Å². The summed E-state index contributed by atoms with van der Waals surface area (Å²) < 4.78 is 10.9. The maximum absolute atomic E-state index is 12.2. The van der Waals surface area contributed by atoms with Crippen molar-refractivity contribution >= 4 is 17.3 Å². The molecule has 0 unspecified atom stereocenters. The molecule has 0 saturated heterocycles. The standard InChI is InChI=1S/C20H26N2O3/c1-4-24-11-12-25-19-8-6-5-7-18(19)22-20(23)14-21-17-10-9-15(2)13-16(17)3/h5-10,13,21H,4,11-12,14H2,1-3H3,(H,22,23). The third kappa shape index (κ3) is 6.12. The Labute approximate surface area is 149 Å². The molecule has 0 saturated carbocycles. The Morgan fingerprint density at radius 1 is 1.04 bits per heavy atom. The molecule has 2 rings (SSSR count). The van der Waals surface area contributed by atoms with E-state index in [2.05, 4.69) is 16.7 Å². The topological polar surface area (TPSA) is 59.6 Å². The van der Waals surface area contributed by atoms with Gasteiger partial charge in [-0.1, -0.05) is 29.8 Å². The molecule has 0 spiro atoms. The second-order valence-electron chi connectivity index (χ2n) is 5.76. The van der Waals surface area contributed by atoms with Crippen molar-refractivity contribution in [2.45, 2.75) is 20.8 Å². The van der Waals surface area contributed by atoms with E-state index in [0.29, 0.717) is 31.3 Å². The lowest BCUT2D eigenvalue weighted by molar-refractivity contribution is -0.114. The molecule has 25 heavy (non-hydrogen) atoms. The van der Waals surface area contributed by atoms with Gasteiger partial charge in [-0.15, -0.1) is 0 Å². The summed E-state index contributed by atoms with van der Waals surface area (Å²) in [5.41, 5.74) is 3.94. The highest BCUT2D eigenvalue weighted by Crippen LogP contribution is 2.23. The van der Waals surface area contributed by atoms with Crippen LogP contribution in [-0.4, -0.2) is 32.3 Å². The number of benzene rings is 2. The molecule has 0 aliphatic rings. The molecular formula is C20H26N2O3. The van der Waals surface area contributed by atoms with Gasteiger partial charge in [-0.2, -0.15) is 0 Å². The minimum atomic E-state index is -0.124. The van der Waals surface area contributed by atoms with Crippen molar-refractivity contribution in [1.29, 1.82) is 0 Å².